The van der Waals surface area contributed by atoms with Gasteiger partial charge in [0.15, 0.2) is 0 Å². The maximum Gasteiger partial charge on any atom is 0.243 e. The average molecular weight is 534 g/mol. The van der Waals surface area contributed by atoms with Crippen LogP contribution >= 0.6 is 24.8 Å². The lowest BCUT2D eigenvalue weighted by Gasteiger charge is -2.33. The van der Waals surface area contributed by atoms with Crippen LogP contribution in [0, 0.1) is 10.8 Å². The van der Waals surface area contributed by atoms with E-state index in [2.05, 4.69) is 28.4 Å². The third-order valence-electron chi connectivity index (χ3n) is 6.21. The molecule has 196 valence electrons. The van der Waals surface area contributed by atoms with Gasteiger partial charge < -0.3 is 20.9 Å². The van der Waals surface area contributed by atoms with Crippen molar-refractivity contribution in [2.45, 2.75) is 39.5 Å². The minimum atomic E-state index is -0.0992. The second kappa shape index (κ2) is 14.5. The summed E-state index contributed by atoms with van der Waals surface area (Å²) in [7, 11) is 0. The van der Waals surface area contributed by atoms with Crippen molar-refractivity contribution in [2.24, 2.45) is 5.73 Å². The number of piperidine rings is 1. The van der Waals surface area contributed by atoms with E-state index in [1.807, 2.05) is 56.0 Å². The highest BCUT2D eigenvalue weighted by Crippen LogP contribution is 2.29. The maximum atomic E-state index is 12.9. The molecule has 0 atom stereocenters. The van der Waals surface area contributed by atoms with Crippen LogP contribution in [0.25, 0.3) is 0 Å². The van der Waals surface area contributed by atoms with E-state index >= 15 is 0 Å². The molecule has 1 fully saturated rings. The zero-order valence-corrected chi connectivity index (χ0v) is 22.8. The Hall–Kier alpha value is -3.03. The van der Waals surface area contributed by atoms with Crippen LogP contribution in [0.3, 0.4) is 0 Å². The Morgan fingerprint density at radius 3 is 2.28 bits per heavy atom. The van der Waals surface area contributed by atoms with Crippen LogP contribution in [0.2, 0.25) is 0 Å². The third kappa shape index (κ3) is 8.88. The van der Waals surface area contributed by atoms with E-state index in [1.165, 1.54) is 11.1 Å². The van der Waals surface area contributed by atoms with Gasteiger partial charge in [0.25, 0.3) is 0 Å². The molecule has 0 saturated carbocycles. The molecule has 1 aliphatic heterocycles. The standard InChI is InChI=1S/C27H36N6O.2ClH/c1-19(2)11-14-33(25-6-4-5-23(17-25)27(29)30)18-26(34)31-24-9-7-21(8-10-24)22-12-15-32(16-13-22)20(3)28;;/h4-11,17,22,28H,12-16,18H2,1-3H3,(H3,29,30)(H,31,34);2*1H. The number of amides is 1. The molecule has 0 aliphatic carbocycles. The normalized spacial score (nSPS) is 13.0. The number of hydrogen-bond donors (Lipinski definition) is 4. The van der Waals surface area contributed by atoms with Crippen molar-refractivity contribution in [1.82, 2.24) is 4.90 Å². The summed E-state index contributed by atoms with van der Waals surface area (Å²) in [5.74, 6) is 1.04. The molecule has 0 aromatic heterocycles. The number of carbonyl (C=O) groups excluding carboxylic acids is 1. The number of hydrogen-bond acceptors (Lipinski definition) is 4. The molecule has 5 N–H and O–H groups in total. The summed E-state index contributed by atoms with van der Waals surface area (Å²) < 4.78 is 0. The summed E-state index contributed by atoms with van der Waals surface area (Å²) in [4.78, 5) is 17.0. The van der Waals surface area contributed by atoms with Crippen molar-refractivity contribution < 1.29 is 4.79 Å². The number of nitrogens with one attached hydrogen (secondary N) is 3. The second-order valence-electron chi connectivity index (χ2n) is 9.14. The molecule has 36 heavy (non-hydrogen) atoms. The molecule has 1 aliphatic rings. The third-order valence-corrected chi connectivity index (χ3v) is 6.21. The van der Waals surface area contributed by atoms with Gasteiger partial charge in [-0.15, -0.1) is 24.8 Å². The van der Waals surface area contributed by atoms with Crippen LogP contribution in [-0.4, -0.2) is 48.7 Å². The Bertz CT molecular complexity index is 1060. The first-order chi connectivity index (χ1) is 16.2. The van der Waals surface area contributed by atoms with Gasteiger partial charge in [-0.05, 0) is 69.4 Å². The number of rotatable bonds is 8. The topological polar surface area (TPSA) is 109 Å². The first kappa shape index (κ1) is 31.0. The molecule has 0 unspecified atom stereocenters. The number of nitrogen functional groups attached to an aromatic ring is 1. The molecule has 2 aromatic rings. The van der Waals surface area contributed by atoms with Gasteiger partial charge >= 0.3 is 0 Å². The van der Waals surface area contributed by atoms with Crippen LogP contribution in [0.5, 0.6) is 0 Å². The number of nitrogens with two attached hydrogens (primary N) is 1. The smallest absolute Gasteiger partial charge is 0.243 e. The number of amidine groups is 2. The zero-order chi connectivity index (χ0) is 24.7. The number of anilines is 2. The van der Waals surface area contributed by atoms with Crippen LogP contribution in [0.1, 0.15) is 50.7 Å². The van der Waals surface area contributed by atoms with Gasteiger partial charge in [-0.1, -0.05) is 35.9 Å². The van der Waals surface area contributed by atoms with Gasteiger partial charge in [-0.3, -0.25) is 15.6 Å². The summed E-state index contributed by atoms with van der Waals surface area (Å²) in [5, 5.41) is 18.5. The fraction of sp³-hybridized carbons (Fsp3) is 0.370. The largest absolute Gasteiger partial charge is 0.384 e. The molecule has 1 amide bonds. The minimum Gasteiger partial charge on any atom is -0.384 e. The van der Waals surface area contributed by atoms with Crippen molar-refractivity contribution >= 4 is 53.8 Å². The molecule has 2 aromatic carbocycles. The van der Waals surface area contributed by atoms with Gasteiger partial charge in [-0.25, -0.2) is 0 Å². The first-order valence-corrected chi connectivity index (χ1v) is 11.8. The Kier molecular flexibility index (Phi) is 12.5. The fourth-order valence-corrected chi connectivity index (χ4v) is 4.18. The number of halogens is 2. The summed E-state index contributed by atoms with van der Waals surface area (Å²) in [6, 6.07) is 15.6. The monoisotopic (exact) mass is 532 g/mol. The quantitative estimate of drug-likeness (QED) is 0.207. The SMILES string of the molecule is CC(=N)N1CCC(c2ccc(NC(=O)CN(CC=C(C)C)c3cccc(C(=N)N)c3)cc2)CC1.Cl.Cl. The highest BCUT2D eigenvalue weighted by Gasteiger charge is 2.21. The van der Waals surface area contributed by atoms with E-state index < -0.39 is 0 Å². The van der Waals surface area contributed by atoms with E-state index in [0.717, 1.165) is 37.3 Å². The highest BCUT2D eigenvalue weighted by atomic mass is 35.5. The van der Waals surface area contributed by atoms with E-state index in [-0.39, 0.29) is 43.1 Å². The van der Waals surface area contributed by atoms with Crippen molar-refractivity contribution in [3.8, 4) is 0 Å². The molecule has 7 nitrogen and oxygen atoms in total. The molecule has 3 rings (SSSR count). The average Bonchev–Trinajstić information content (AvgIpc) is 2.82. The van der Waals surface area contributed by atoms with Crippen molar-refractivity contribution in [3.63, 3.8) is 0 Å². The molecule has 0 radical (unpaired) electrons. The lowest BCUT2D eigenvalue weighted by Crippen LogP contribution is -2.36. The van der Waals surface area contributed by atoms with Crippen LogP contribution in [0.4, 0.5) is 11.4 Å². The number of carbonyl (C=O) groups is 1. The van der Waals surface area contributed by atoms with Crippen LogP contribution < -0.4 is 16.0 Å². The van der Waals surface area contributed by atoms with Crippen molar-refractivity contribution in [1.29, 1.82) is 10.8 Å². The van der Waals surface area contributed by atoms with Gasteiger partial charge in [0.1, 0.15) is 5.84 Å². The number of allylic oxidation sites excluding steroid dienone is 1. The predicted octanol–water partition coefficient (Wildman–Crippen LogP) is 5.40. The molecule has 1 heterocycles. The summed E-state index contributed by atoms with van der Waals surface area (Å²) in [6.07, 6.45) is 4.16. The Labute approximate surface area is 227 Å². The number of likely N-dealkylation sites (tertiary alicyclic amines) is 1. The lowest BCUT2D eigenvalue weighted by atomic mass is 9.89. The molecule has 1 saturated heterocycles. The van der Waals surface area contributed by atoms with E-state index in [0.29, 0.717) is 23.9 Å². The van der Waals surface area contributed by atoms with Gasteiger partial charge in [0.2, 0.25) is 5.91 Å². The van der Waals surface area contributed by atoms with Crippen molar-refractivity contribution in [2.75, 3.05) is 36.4 Å². The van der Waals surface area contributed by atoms with Crippen LogP contribution in [0.15, 0.2) is 60.2 Å². The van der Waals surface area contributed by atoms with Crippen molar-refractivity contribution in [3.05, 3.63) is 71.3 Å². The number of nitrogens with zero attached hydrogens (tertiary/aromatic N) is 2. The Balaban J connectivity index is 0.00000324. The van der Waals surface area contributed by atoms with E-state index in [9.17, 15) is 4.79 Å². The summed E-state index contributed by atoms with van der Waals surface area (Å²) in [6.45, 7) is 8.52. The van der Waals surface area contributed by atoms with E-state index in [4.69, 9.17) is 16.6 Å². The summed E-state index contributed by atoms with van der Waals surface area (Å²) >= 11 is 0. The molecule has 0 spiro atoms. The van der Waals surface area contributed by atoms with Gasteiger partial charge in [-0.2, -0.15) is 0 Å². The first-order valence-electron chi connectivity index (χ1n) is 11.8. The molecular weight excluding hydrogens is 495 g/mol. The zero-order valence-electron chi connectivity index (χ0n) is 21.2. The molecular formula is C27H38Cl2N6O. The molecule has 9 heteroatoms. The molecule has 0 bridgehead atoms. The van der Waals surface area contributed by atoms with E-state index in [1.54, 1.807) is 6.07 Å². The maximum absolute atomic E-state index is 12.9. The number of benzene rings is 2. The lowest BCUT2D eigenvalue weighted by molar-refractivity contribution is -0.115. The predicted molar refractivity (Wildman–Crippen MR) is 156 cm³/mol. The van der Waals surface area contributed by atoms with Crippen LogP contribution in [-0.2, 0) is 4.79 Å². The Morgan fingerprint density at radius 1 is 1.08 bits per heavy atom. The fourth-order valence-electron chi connectivity index (χ4n) is 4.18. The van der Waals surface area contributed by atoms with Gasteiger partial charge in [0.05, 0.1) is 12.4 Å². The minimum absolute atomic E-state index is 0. The summed E-state index contributed by atoms with van der Waals surface area (Å²) in [5.41, 5.74) is 10.4. The highest BCUT2D eigenvalue weighted by molar-refractivity contribution is 5.97. The second-order valence-corrected chi connectivity index (χ2v) is 9.14. The van der Waals surface area contributed by atoms with Gasteiger partial charge in [0, 0.05) is 36.6 Å². The Morgan fingerprint density at radius 2 is 1.72 bits per heavy atom.